The first kappa shape index (κ1) is 14.9. The fraction of sp³-hybridized carbons (Fsp3) is 0.389. The number of carbonyl (C=O) groups excluding carboxylic acids is 1. The van der Waals surface area contributed by atoms with Gasteiger partial charge >= 0.3 is 0 Å². The molecule has 1 aromatic carbocycles. The standard InChI is InChI=1S/C18H21N5O/c24-14-21-10-12-22(13-11-21)18-19-8-7-17(20-18)23-9-3-5-15-4-1-2-6-16(15)23/h1-2,4,6-8,14H,3,5,9-13H2. The number of anilines is 3. The van der Waals surface area contributed by atoms with Crippen molar-refractivity contribution in [1.82, 2.24) is 14.9 Å². The maximum Gasteiger partial charge on any atom is 0.227 e. The average Bonchev–Trinajstić information content (AvgIpc) is 2.68. The molecule has 4 rings (SSSR count). The summed E-state index contributed by atoms with van der Waals surface area (Å²) in [6, 6.07) is 10.5. The van der Waals surface area contributed by atoms with Gasteiger partial charge in [-0.25, -0.2) is 4.98 Å². The van der Waals surface area contributed by atoms with E-state index in [0.29, 0.717) is 0 Å². The van der Waals surface area contributed by atoms with Crippen molar-refractivity contribution in [2.24, 2.45) is 0 Å². The quantitative estimate of drug-likeness (QED) is 0.807. The average molecular weight is 323 g/mol. The smallest absolute Gasteiger partial charge is 0.227 e. The second-order valence-corrected chi connectivity index (χ2v) is 6.23. The lowest BCUT2D eigenvalue weighted by Gasteiger charge is -2.34. The zero-order chi connectivity index (χ0) is 16.4. The lowest BCUT2D eigenvalue weighted by molar-refractivity contribution is -0.118. The Morgan fingerprint density at radius 1 is 1.00 bits per heavy atom. The van der Waals surface area contributed by atoms with E-state index in [1.807, 2.05) is 12.3 Å². The first-order valence-corrected chi connectivity index (χ1v) is 8.48. The Kier molecular flexibility index (Phi) is 4.02. The zero-order valence-corrected chi connectivity index (χ0v) is 13.6. The highest BCUT2D eigenvalue weighted by Crippen LogP contribution is 2.32. The fourth-order valence-electron chi connectivity index (χ4n) is 3.44. The molecular formula is C18H21N5O. The molecule has 6 heteroatoms. The molecule has 0 bridgehead atoms. The number of piperazine rings is 1. The first-order chi connectivity index (χ1) is 11.8. The molecular weight excluding hydrogens is 302 g/mol. The van der Waals surface area contributed by atoms with E-state index in [4.69, 9.17) is 4.98 Å². The second-order valence-electron chi connectivity index (χ2n) is 6.23. The number of fused-ring (bicyclic) bond motifs is 1. The minimum absolute atomic E-state index is 0.726. The number of aryl methyl sites for hydroxylation is 1. The predicted octanol–water partition coefficient (Wildman–Crippen LogP) is 1.84. The number of benzene rings is 1. The van der Waals surface area contributed by atoms with Gasteiger partial charge in [-0.15, -0.1) is 0 Å². The first-order valence-electron chi connectivity index (χ1n) is 8.48. The normalized spacial score (nSPS) is 17.6. The molecule has 0 aliphatic carbocycles. The number of carbonyl (C=O) groups is 1. The van der Waals surface area contributed by atoms with Crippen LogP contribution >= 0.6 is 0 Å². The molecule has 1 fully saturated rings. The monoisotopic (exact) mass is 323 g/mol. The zero-order valence-electron chi connectivity index (χ0n) is 13.6. The Hall–Kier alpha value is -2.63. The predicted molar refractivity (Wildman–Crippen MR) is 93.7 cm³/mol. The summed E-state index contributed by atoms with van der Waals surface area (Å²) in [5.41, 5.74) is 2.63. The van der Waals surface area contributed by atoms with Crippen LogP contribution in [-0.4, -0.2) is 54.0 Å². The Labute approximate surface area is 141 Å². The molecule has 124 valence electrons. The van der Waals surface area contributed by atoms with Gasteiger partial charge in [0.25, 0.3) is 0 Å². The molecule has 1 saturated heterocycles. The van der Waals surface area contributed by atoms with Gasteiger partial charge in [0.05, 0.1) is 0 Å². The SMILES string of the molecule is O=CN1CCN(c2nccc(N3CCCc4ccccc43)n2)CC1. The van der Waals surface area contributed by atoms with Crippen LogP contribution in [0.15, 0.2) is 36.5 Å². The van der Waals surface area contributed by atoms with E-state index in [0.717, 1.165) is 63.7 Å². The topological polar surface area (TPSA) is 52.6 Å². The molecule has 2 aromatic rings. The fourth-order valence-corrected chi connectivity index (χ4v) is 3.44. The van der Waals surface area contributed by atoms with E-state index in [1.165, 1.54) is 11.3 Å². The molecule has 0 unspecified atom stereocenters. The number of para-hydroxylation sites is 1. The van der Waals surface area contributed by atoms with Crippen molar-refractivity contribution < 1.29 is 4.79 Å². The van der Waals surface area contributed by atoms with Gasteiger partial charge in [-0.2, -0.15) is 4.98 Å². The largest absolute Gasteiger partial charge is 0.342 e. The van der Waals surface area contributed by atoms with Crippen molar-refractivity contribution in [1.29, 1.82) is 0 Å². The van der Waals surface area contributed by atoms with E-state index in [2.05, 4.69) is 39.0 Å². The highest BCUT2D eigenvalue weighted by molar-refractivity contribution is 5.65. The summed E-state index contributed by atoms with van der Waals surface area (Å²) < 4.78 is 0. The van der Waals surface area contributed by atoms with Gasteiger partial charge in [-0.3, -0.25) is 4.79 Å². The molecule has 0 N–H and O–H groups in total. The van der Waals surface area contributed by atoms with Gasteiger partial charge in [0.15, 0.2) is 0 Å². The molecule has 2 aliphatic heterocycles. The molecule has 0 saturated carbocycles. The highest BCUT2D eigenvalue weighted by atomic mass is 16.1. The summed E-state index contributed by atoms with van der Waals surface area (Å²) in [7, 11) is 0. The van der Waals surface area contributed by atoms with Gasteiger partial charge in [0.1, 0.15) is 5.82 Å². The van der Waals surface area contributed by atoms with Crippen molar-refractivity contribution in [3.8, 4) is 0 Å². The molecule has 0 radical (unpaired) electrons. The third-order valence-electron chi connectivity index (χ3n) is 4.76. The van der Waals surface area contributed by atoms with Crippen LogP contribution in [0.3, 0.4) is 0 Å². The number of hydrogen-bond acceptors (Lipinski definition) is 5. The van der Waals surface area contributed by atoms with Gasteiger partial charge in [0, 0.05) is 44.6 Å². The summed E-state index contributed by atoms with van der Waals surface area (Å²) in [6.45, 7) is 3.98. The Balaban J connectivity index is 1.59. The van der Waals surface area contributed by atoms with Crippen LogP contribution in [0.4, 0.5) is 17.5 Å². The summed E-state index contributed by atoms with van der Waals surface area (Å²) >= 11 is 0. The lowest BCUT2D eigenvalue weighted by atomic mass is 10.0. The Morgan fingerprint density at radius 2 is 1.83 bits per heavy atom. The molecule has 24 heavy (non-hydrogen) atoms. The van der Waals surface area contributed by atoms with Crippen LogP contribution in [0.5, 0.6) is 0 Å². The summed E-state index contributed by atoms with van der Waals surface area (Å²) in [6.07, 6.45) is 5.01. The van der Waals surface area contributed by atoms with E-state index < -0.39 is 0 Å². The van der Waals surface area contributed by atoms with Crippen molar-refractivity contribution in [3.63, 3.8) is 0 Å². The van der Waals surface area contributed by atoms with Crippen LogP contribution in [-0.2, 0) is 11.2 Å². The van der Waals surface area contributed by atoms with Crippen molar-refractivity contribution in [2.45, 2.75) is 12.8 Å². The van der Waals surface area contributed by atoms with Crippen LogP contribution < -0.4 is 9.80 Å². The number of hydrogen-bond donors (Lipinski definition) is 0. The maximum atomic E-state index is 10.9. The Morgan fingerprint density at radius 3 is 2.67 bits per heavy atom. The summed E-state index contributed by atoms with van der Waals surface area (Å²) in [4.78, 5) is 26.3. The van der Waals surface area contributed by atoms with Crippen molar-refractivity contribution in [2.75, 3.05) is 42.5 Å². The molecule has 0 atom stereocenters. The molecule has 1 aromatic heterocycles. The van der Waals surface area contributed by atoms with E-state index in [9.17, 15) is 4.79 Å². The minimum Gasteiger partial charge on any atom is -0.342 e. The number of aromatic nitrogens is 2. The summed E-state index contributed by atoms with van der Waals surface area (Å²) in [5, 5.41) is 0. The highest BCUT2D eigenvalue weighted by Gasteiger charge is 2.21. The van der Waals surface area contributed by atoms with E-state index in [1.54, 1.807) is 4.90 Å². The molecule has 6 nitrogen and oxygen atoms in total. The Bertz CT molecular complexity index is 727. The van der Waals surface area contributed by atoms with Crippen LogP contribution in [0, 0.1) is 0 Å². The minimum atomic E-state index is 0.726. The number of rotatable bonds is 3. The van der Waals surface area contributed by atoms with Gasteiger partial charge < -0.3 is 14.7 Å². The molecule has 1 amide bonds. The van der Waals surface area contributed by atoms with Crippen LogP contribution in [0.1, 0.15) is 12.0 Å². The number of amides is 1. The summed E-state index contributed by atoms with van der Waals surface area (Å²) in [5.74, 6) is 1.70. The lowest BCUT2D eigenvalue weighted by Crippen LogP contribution is -2.46. The van der Waals surface area contributed by atoms with E-state index in [-0.39, 0.29) is 0 Å². The van der Waals surface area contributed by atoms with Crippen molar-refractivity contribution >= 4 is 23.9 Å². The van der Waals surface area contributed by atoms with Gasteiger partial charge in [0.2, 0.25) is 12.4 Å². The van der Waals surface area contributed by atoms with Crippen LogP contribution in [0.2, 0.25) is 0 Å². The van der Waals surface area contributed by atoms with Gasteiger partial charge in [-0.1, -0.05) is 18.2 Å². The van der Waals surface area contributed by atoms with E-state index >= 15 is 0 Å². The third kappa shape index (κ3) is 2.79. The third-order valence-corrected chi connectivity index (χ3v) is 4.76. The van der Waals surface area contributed by atoms with Crippen LogP contribution in [0.25, 0.3) is 0 Å². The maximum absolute atomic E-state index is 10.9. The molecule has 3 heterocycles. The van der Waals surface area contributed by atoms with Gasteiger partial charge in [-0.05, 0) is 30.5 Å². The molecule has 0 spiro atoms. The molecule has 2 aliphatic rings. The second kappa shape index (κ2) is 6.47. The van der Waals surface area contributed by atoms with Crippen molar-refractivity contribution in [3.05, 3.63) is 42.1 Å². The number of nitrogens with zero attached hydrogens (tertiary/aromatic N) is 5.